The molecule has 1 aromatic heterocycles. The van der Waals surface area contributed by atoms with Gasteiger partial charge in [0.2, 0.25) is 10.0 Å². The Morgan fingerprint density at radius 3 is 2.42 bits per heavy atom. The molecule has 0 aliphatic heterocycles. The lowest BCUT2D eigenvalue weighted by molar-refractivity contribution is -0.150. The summed E-state index contributed by atoms with van der Waals surface area (Å²) in [5, 5.41) is 8.52. The summed E-state index contributed by atoms with van der Waals surface area (Å²) in [6.07, 6.45) is -0.337. The predicted octanol–water partition coefficient (Wildman–Crippen LogP) is 2.75. The number of nitrogens with two attached hydrogens (primary N) is 1. The first-order valence-electron chi connectivity index (χ1n) is 11.2. The number of nitrogens with zero attached hydrogens (tertiary/aromatic N) is 2. The highest BCUT2D eigenvalue weighted by atomic mass is 32.2. The largest absolute Gasteiger partial charge is 0.452 e. The lowest BCUT2D eigenvalue weighted by atomic mass is 10.1. The fourth-order valence-electron chi connectivity index (χ4n) is 3.22. The number of amides is 1. The van der Waals surface area contributed by atoms with Gasteiger partial charge in [-0.2, -0.15) is 0 Å². The second kappa shape index (κ2) is 11.7. The van der Waals surface area contributed by atoms with E-state index in [4.69, 9.17) is 9.88 Å². The third-order valence-electron chi connectivity index (χ3n) is 5.20. The minimum Gasteiger partial charge on any atom is -0.452 e. The Morgan fingerprint density at radius 2 is 1.78 bits per heavy atom. The molecule has 36 heavy (non-hydrogen) atoms. The number of fused-ring (bicyclic) bond motifs is 1. The van der Waals surface area contributed by atoms with Crippen LogP contribution >= 0.6 is 11.8 Å². The summed E-state index contributed by atoms with van der Waals surface area (Å²) in [7, 11) is -3.85. The Hall–Kier alpha value is -3.22. The van der Waals surface area contributed by atoms with Crippen molar-refractivity contribution in [3.63, 3.8) is 0 Å². The van der Waals surface area contributed by atoms with Gasteiger partial charge in [0.15, 0.2) is 11.3 Å². The van der Waals surface area contributed by atoms with E-state index in [0.717, 1.165) is 18.2 Å². The third-order valence-corrected chi connectivity index (χ3v) is 7.08. The van der Waals surface area contributed by atoms with Gasteiger partial charge in [-0.1, -0.05) is 37.7 Å². The Kier molecular flexibility index (Phi) is 8.88. The normalized spacial score (nSPS) is 12.5. The number of hydrogen-bond acceptors (Lipinski definition) is 8. The Balaban J connectivity index is 1.64. The van der Waals surface area contributed by atoms with Crippen LogP contribution in [0, 0.1) is 5.92 Å². The van der Waals surface area contributed by atoms with Crippen LogP contribution in [0.1, 0.15) is 27.2 Å². The zero-order valence-corrected chi connectivity index (χ0v) is 21.8. The fourth-order valence-corrected chi connectivity index (χ4v) is 4.55. The van der Waals surface area contributed by atoms with E-state index >= 15 is 0 Å². The second-order valence-electron chi connectivity index (χ2n) is 8.53. The summed E-state index contributed by atoms with van der Waals surface area (Å²) in [6.45, 7) is 6.01. The molecule has 3 N–H and O–H groups in total. The number of anilines is 1. The van der Waals surface area contributed by atoms with Gasteiger partial charge in [-0.05, 0) is 55.7 Å². The second-order valence-corrected chi connectivity index (χ2v) is 11.0. The first-order valence-corrected chi connectivity index (χ1v) is 13.7. The molecule has 0 saturated heterocycles. The minimum atomic E-state index is -3.85. The van der Waals surface area contributed by atoms with Crippen LogP contribution in [0.2, 0.25) is 0 Å². The highest BCUT2D eigenvalue weighted by Crippen LogP contribution is 2.20. The smallest absolute Gasteiger partial charge is 0.317 e. The highest BCUT2D eigenvalue weighted by Gasteiger charge is 2.20. The molecule has 0 fully saturated rings. The van der Waals surface area contributed by atoms with Gasteiger partial charge in [0.1, 0.15) is 0 Å². The van der Waals surface area contributed by atoms with Crippen molar-refractivity contribution < 1.29 is 22.7 Å². The lowest BCUT2D eigenvalue weighted by Crippen LogP contribution is -2.30. The lowest BCUT2D eigenvalue weighted by Gasteiger charge is -2.15. The number of rotatable bonds is 10. The van der Waals surface area contributed by atoms with Crippen LogP contribution in [-0.4, -0.2) is 41.7 Å². The van der Waals surface area contributed by atoms with Gasteiger partial charge in [0.25, 0.3) is 11.5 Å². The van der Waals surface area contributed by atoms with Crippen molar-refractivity contribution >= 4 is 50.3 Å². The molecule has 3 rings (SSSR count). The third kappa shape index (κ3) is 7.15. The van der Waals surface area contributed by atoms with Crippen LogP contribution in [-0.2, 0) is 30.9 Å². The van der Waals surface area contributed by atoms with E-state index in [1.807, 2.05) is 0 Å². The van der Waals surface area contributed by atoms with Crippen molar-refractivity contribution in [1.82, 2.24) is 9.55 Å². The summed E-state index contributed by atoms with van der Waals surface area (Å²) >= 11 is 1.07. The van der Waals surface area contributed by atoms with E-state index in [0.29, 0.717) is 34.2 Å². The number of carbonyl (C=O) groups excluding carboxylic acids is 2. The van der Waals surface area contributed by atoms with Gasteiger partial charge in [-0.3, -0.25) is 19.0 Å². The summed E-state index contributed by atoms with van der Waals surface area (Å²) < 4.78 is 29.5. The summed E-state index contributed by atoms with van der Waals surface area (Å²) in [5.74, 6) is -1.01. The number of benzene rings is 2. The van der Waals surface area contributed by atoms with Crippen LogP contribution in [0.5, 0.6) is 0 Å². The number of thioether (sulfide) groups is 1. The molecule has 0 saturated carbocycles. The number of primary sulfonamides is 1. The quantitative estimate of drug-likeness (QED) is 0.230. The van der Waals surface area contributed by atoms with Gasteiger partial charge in [0.05, 0.1) is 21.6 Å². The van der Waals surface area contributed by atoms with Gasteiger partial charge >= 0.3 is 5.97 Å². The Morgan fingerprint density at radius 1 is 1.11 bits per heavy atom. The summed E-state index contributed by atoms with van der Waals surface area (Å²) in [5.41, 5.74) is 0.692. The van der Waals surface area contributed by atoms with E-state index in [1.54, 1.807) is 28.8 Å². The van der Waals surface area contributed by atoms with Gasteiger partial charge < -0.3 is 10.1 Å². The first-order chi connectivity index (χ1) is 17.0. The first kappa shape index (κ1) is 27.4. The van der Waals surface area contributed by atoms with Crippen molar-refractivity contribution in [3.05, 3.63) is 58.9 Å². The summed E-state index contributed by atoms with van der Waals surface area (Å²) in [4.78, 5) is 42.3. The maximum atomic E-state index is 13.0. The Labute approximate surface area is 213 Å². The van der Waals surface area contributed by atoms with Gasteiger partial charge in [-0.25, -0.2) is 18.5 Å². The standard InChI is InChI=1S/C24H28N4O6S2/c1-15(2)12-13-28-23(31)19-6-4-5-7-20(19)27-24(28)35-14-21(29)34-16(3)22(30)26-17-8-10-18(11-9-17)36(25,32)33/h4-11,15-16H,12-14H2,1-3H3,(H,26,30)(H2,25,32,33). The molecule has 2 aromatic carbocycles. The number of para-hydroxylation sites is 1. The monoisotopic (exact) mass is 532 g/mol. The molecule has 10 nitrogen and oxygen atoms in total. The van der Waals surface area contributed by atoms with Crippen molar-refractivity contribution in [2.24, 2.45) is 11.1 Å². The molecular formula is C24H28N4O6S2. The highest BCUT2D eigenvalue weighted by molar-refractivity contribution is 7.99. The fraction of sp³-hybridized carbons (Fsp3) is 0.333. The average molecular weight is 533 g/mol. The molecule has 0 aliphatic rings. The van der Waals surface area contributed by atoms with Gasteiger partial charge in [-0.15, -0.1) is 0 Å². The van der Waals surface area contributed by atoms with E-state index in [1.165, 1.54) is 31.2 Å². The number of ether oxygens (including phenoxy) is 1. The van der Waals surface area contributed by atoms with Crippen LogP contribution in [0.15, 0.2) is 63.4 Å². The molecule has 12 heteroatoms. The molecule has 3 aromatic rings. The van der Waals surface area contributed by atoms with Crippen molar-refractivity contribution in [3.8, 4) is 0 Å². The average Bonchev–Trinajstić information content (AvgIpc) is 2.82. The number of sulfonamides is 1. The zero-order valence-electron chi connectivity index (χ0n) is 20.1. The van der Waals surface area contributed by atoms with Crippen LogP contribution in [0.3, 0.4) is 0 Å². The van der Waals surface area contributed by atoms with Crippen molar-refractivity contribution in [1.29, 1.82) is 0 Å². The molecule has 0 radical (unpaired) electrons. The molecule has 0 spiro atoms. The molecule has 192 valence electrons. The SMILES string of the molecule is CC(C)CCn1c(SCC(=O)OC(C)C(=O)Nc2ccc(S(N)(=O)=O)cc2)nc2ccccc2c1=O. The molecule has 1 amide bonds. The number of hydrogen-bond donors (Lipinski definition) is 2. The van der Waals surface area contributed by atoms with Gasteiger partial charge in [0, 0.05) is 12.2 Å². The molecular weight excluding hydrogens is 504 g/mol. The molecule has 0 bridgehead atoms. The molecule has 0 aliphatic carbocycles. The van der Waals surface area contributed by atoms with Crippen LogP contribution < -0.4 is 16.0 Å². The molecule has 1 heterocycles. The number of nitrogens with one attached hydrogen (secondary N) is 1. The molecule has 1 unspecified atom stereocenters. The number of aromatic nitrogens is 2. The topological polar surface area (TPSA) is 150 Å². The van der Waals surface area contributed by atoms with Crippen LogP contribution in [0.25, 0.3) is 10.9 Å². The van der Waals surface area contributed by atoms with Crippen molar-refractivity contribution in [2.45, 2.75) is 49.9 Å². The van der Waals surface area contributed by atoms with E-state index in [-0.39, 0.29) is 16.2 Å². The predicted molar refractivity (Wildman–Crippen MR) is 138 cm³/mol. The van der Waals surface area contributed by atoms with Crippen molar-refractivity contribution in [2.75, 3.05) is 11.1 Å². The van der Waals surface area contributed by atoms with E-state index < -0.39 is 28.0 Å². The zero-order chi connectivity index (χ0) is 26.5. The number of carbonyl (C=O) groups is 2. The minimum absolute atomic E-state index is 0.0915. The van der Waals surface area contributed by atoms with Crippen LogP contribution in [0.4, 0.5) is 5.69 Å². The summed E-state index contributed by atoms with van der Waals surface area (Å²) in [6, 6.07) is 12.3. The van der Waals surface area contributed by atoms with E-state index in [9.17, 15) is 22.8 Å². The maximum Gasteiger partial charge on any atom is 0.317 e. The van der Waals surface area contributed by atoms with E-state index in [2.05, 4.69) is 24.1 Å². The molecule has 1 atom stereocenters. The number of esters is 1. The maximum absolute atomic E-state index is 13.0. The Bertz CT molecular complexity index is 1420.